The number of benzene rings is 1. The van der Waals surface area contributed by atoms with Crippen molar-refractivity contribution in [1.29, 1.82) is 0 Å². The largest absolute Gasteiger partial charge is 0.492 e. The molecule has 3 heterocycles. The molecule has 0 spiro atoms. The SMILES string of the molecule is CN=C(NCCOc1ccc2c(c1)OCO2)N1CCN(c2ccccn2)CC1.I. The van der Waals surface area contributed by atoms with Gasteiger partial charge in [0.1, 0.15) is 18.2 Å². The Bertz CT molecular complexity index is 813. The molecule has 29 heavy (non-hydrogen) atoms. The summed E-state index contributed by atoms with van der Waals surface area (Å²) in [5.41, 5.74) is 0. The van der Waals surface area contributed by atoms with E-state index in [0.29, 0.717) is 13.2 Å². The molecule has 8 nitrogen and oxygen atoms in total. The van der Waals surface area contributed by atoms with Crippen LogP contribution in [0, 0.1) is 0 Å². The minimum atomic E-state index is 0. The summed E-state index contributed by atoms with van der Waals surface area (Å²) in [6.07, 6.45) is 1.84. The van der Waals surface area contributed by atoms with Crippen molar-refractivity contribution >= 4 is 35.8 Å². The van der Waals surface area contributed by atoms with Gasteiger partial charge in [-0.2, -0.15) is 0 Å². The van der Waals surface area contributed by atoms with E-state index < -0.39 is 0 Å². The van der Waals surface area contributed by atoms with E-state index in [1.165, 1.54) is 0 Å². The fraction of sp³-hybridized carbons (Fsp3) is 0.400. The molecule has 4 rings (SSSR count). The monoisotopic (exact) mass is 511 g/mol. The maximum absolute atomic E-state index is 5.80. The Morgan fingerprint density at radius 1 is 1.14 bits per heavy atom. The standard InChI is InChI=1S/C20H25N5O3.HI/c1-21-20(25-11-9-24(10-12-25)19-4-2-3-7-22-19)23-8-13-26-16-5-6-17-18(14-16)28-15-27-17;/h2-7,14H,8-13,15H2,1H3,(H,21,23);1H. The molecule has 1 aromatic carbocycles. The van der Waals surface area contributed by atoms with Crippen molar-refractivity contribution in [2.24, 2.45) is 4.99 Å². The van der Waals surface area contributed by atoms with Crippen LogP contribution in [0.4, 0.5) is 5.82 Å². The number of aromatic nitrogens is 1. The van der Waals surface area contributed by atoms with Crippen molar-refractivity contribution in [3.05, 3.63) is 42.6 Å². The molecule has 1 N–H and O–H groups in total. The van der Waals surface area contributed by atoms with Crippen molar-refractivity contribution in [3.63, 3.8) is 0 Å². The number of nitrogens with one attached hydrogen (secondary N) is 1. The van der Waals surface area contributed by atoms with E-state index in [1.54, 1.807) is 0 Å². The van der Waals surface area contributed by atoms with Gasteiger partial charge in [-0.15, -0.1) is 24.0 Å². The van der Waals surface area contributed by atoms with Crippen LogP contribution in [0.1, 0.15) is 0 Å². The zero-order valence-corrected chi connectivity index (χ0v) is 18.7. The van der Waals surface area contributed by atoms with Gasteiger partial charge in [-0.1, -0.05) is 6.07 Å². The van der Waals surface area contributed by atoms with Crippen molar-refractivity contribution < 1.29 is 14.2 Å². The molecule has 0 atom stereocenters. The average molecular weight is 511 g/mol. The van der Waals surface area contributed by atoms with Crippen LogP contribution in [0.2, 0.25) is 0 Å². The van der Waals surface area contributed by atoms with E-state index >= 15 is 0 Å². The highest BCUT2D eigenvalue weighted by Crippen LogP contribution is 2.34. The Morgan fingerprint density at radius 2 is 1.97 bits per heavy atom. The molecule has 1 fully saturated rings. The van der Waals surface area contributed by atoms with Gasteiger partial charge < -0.3 is 29.3 Å². The Kier molecular flexibility index (Phi) is 7.62. The molecular formula is C20H26IN5O3. The molecule has 0 aliphatic carbocycles. The Morgan fingerprint density at radius 3 is 2.72 bits per heavy atom. The molecular weight excluding hydrogens is 485 g/mol. The maximum Gasteiger partial charge on any atom is 0.231 e. The van der Waals surface area contributed by atoms with Crippen molar-refractivity contribution in [1.82, 2.24) is 15.2 Å². The number of piperazine rings is 1. The van der Waals surface area contributed by atoms with E-state index in [4.69, 9.17) is 14.2 Å². The van der Waals surface area contributed by atoms with Gasteiger partial charge in [-0.05, 0) is 24.3 Å². The lowest BCUT2D eigenvalue weighted by molar-refractivity contribution is 0.173. The van der Waals surface area contributed by atoms with E-state index in [1.807, 2.05) is 43.6 Å². The highest BCUT2D eigenvalue weighted by atomic mass is 127. The lowest BCUT2D eigenvalue weighted by Crippen LogP contribution is -2.53. The van der Waals surface area contributed by atoms with E-state index in [0.717, 1.165) is 55.2 Å². The zero-order chi connectivity index (χ0) is 19.2. The summed E-state index contributed by atoms with van der Waals surface area (Å²) in [6, 6.07) is 11.6. The molecule has 2 aliphatic rings. The number of fused-ring (bicyclic) bond motifs is 1. The minimum Gasteiger partial charge on any atom is -0.492 e. The number of aliphatic imine (C=N–C) groups is 1. The van der Waals surface area contributed by atoms with Crippen molar-refractivity contribution in [3.8, 4) is 17.2 Å². The predicted molar refractivity (Wildman–Crippen MR) is 123 cm³/mol. The lowest BCUT2D eigenvalue weighted by atomic mass is 10.3. The lowest BCUT2D eigenvalue weighted by Gasteiger charge is -2.37. The Hall–Kier alpha value is -2.43. The van der Waals surface area contributed by atoms with Crippen LogP contribution in [0.5, 0.6) is 17.2 Å². The van der Waals surface area contributed by atoms with Crippen molar-refractivity contribution in [2.45, 2.75) is 0 Å². The van der Waals surface area contributed by atoms with Gasteiger partial charge in [-0.25, -0.2) is 4.98 Å². The molecule has 0 bridgehead atoms. The summed E-state index contributed by atoms with van der Waals surface area (Å²) in [4.78, 5) is 13.4. The number of guanidine groups is 1. The zero-order valence-electron chi connectivity index (χ0n) is 16.4. The van der Waals surface area contributed by atoms with Gasteiger partial charge in [0.05, 0.1) is 6.54 Å². The van der Waals surface area contributed by atoms with Gasteiger partial charge in [0.25, 0.3) is 0 Å². The fourth-order valence-corrected chi connectivity index (χ4v) is 3.32. The first-order valence-corrected chi connectivity index (χ1v) is 9.47. The molecule has 156 valence electrons. The fourth-order valence-electron chi connectivity index (χ4n) is 3.32. The first-order chi connectivity index (χ1) is 13.8. The number of hydrogen-bond donors (Lipinski definition) is 1. The number of halogens is 1. The first kappa shape index (κ1) is 21.3. The smallest absolute Gasteiger partial charge is 0.231 e. The molecule has 2 aromatic rings. The summed E-state index contributed by atoms with van der Waals surface area (Å²) >= 11 is 0. The van der Waals surface area contributed by atoms with Gasteiger partial charge in [0.15, 0.2) is 17.5 Å². The molecule has 1 saturated heterocycles. The normalized spacial score (nSPS) is 15.7. The average Bonchev–Trinajstić information content (AvgIpc) is 3.23. The quantitative estimate of drug-likeness (QED) is 0.286. The highest BCUT2D eigenvalue weighted by molar-refractivity contribution is 14.0. The van der Waals surface area contributed by atoms with Crippen LogP contribution in [0.3, 0.4) is 0 Å². The highest BCUT2D eigenvalue weighted by Gasteiger charge is 2.20. The van der Waals surface area contributed by atoms with Crippen LogP contribution in [0.15, 0.2) is 47.6 Å². The number of anilines is 1. The summed E-state index contributed by atoms with van der Waals surface area (Å²) < 4.78 is 16.5. The third-order valence-electron chi connectivity index (χ3n) is 4.76. The van der Waals surface area contributed by atoms with Crippen LogP contribution in [-0.2, 0) is 0 Å². The molecule has 0 unspecified atom stereocenters. The summed E-state index contributed by atoms with van der Waals surface area (Å²) in [5.74, 6) is 4.19. The summed E-state index contributed by atoms with van der Waals surface area (Å²) in [7, 11) is 1.81. The second-order valence-electron chi connectivity index (χ2n) is 6.50. The van der Waals surface area contributed by atoms with Crippen LogP contribution in [-0.4, -0.2) is 69.0 Å². The third kappa shape index (κ3) is 5.34. The van der Waals surface area contributed by atoms with Crippen molar-refractivity contribution in [2.75, 3.05) is 58.1 Å². The van der Waals surface area contributed by atoms with Gasteiger partial charge >= 0.3 is 0 Å². The number of nitrogens with zero attached hydrogens (tertiary/aromatic N) is 4. The number of pyridine rings is 1. The van der Waals surface area contributed by atoms with E-state index in [-0.39, 0.29) is 30.8 Å². The topological polar surface area (TPSA) is 71.5 Å². The first-order valence-electron chi connectivity index (χ1n) is 9.47. The molecule has 9 heteroatoms. The van der Waals surface area contributed by atoms with Crippen LogP contribution < -0.4 is 24.4 Å². The third-order valence-corrected chi connectivity index (χ3v) is 4.76. The van der Waals surface area contributed by atoms with E-state index in [9.17, 15) is 0 Å². The van der Waals surface area contributed by atoms with Gasteiger partial charge in [0.2, 0.25) is 6.79 Å². The predicted octanol–water partition coefficient (Wildman–Crippen LogP) is 2.20. The second kappa shape index (κ2) is 10.4. The number of ether oxygens (including phenoxy) is 3. The molecule has 0 saturated carbocycles. The Balaban J connectivity index is 0.00000240. The van der Waals surface area contributed by atoms with Gasteiger partial charge in [-0.3, -0.25) is 4.99 Å². The van der Waals surface area contributed by atoms with E-state index in [2.05, 4.69) is 31.2 Å². The maximum atomic E-state index is 5.80. The summed E-state index contributed by atoms with van der Waals surface area (Å²) in [6.45, 7) is 5.12. The van der Waals surface area contributed by atoms with Crippen LogP contribution in [0.25, 0.3) is 0 Å². The van der Waals surface area contributed by atoms with Gasteiger partial charge in [0, 0.05) is 45.5 Å². The minimum absolute atomic E-state index is 0. The van der Waals surface area contributed by atoms with Crippen LogP contribution >= 0.6 is 24.0 Å². The number of rotatable bonds is 5. The molecule has 1 aromatic heterocycles. The summed E-state index contributed by atoms with van der Waals surface area (Å²) in [5, 5.41) is 3.38. The molecule has 2 aliphatic heterocycles. The Labute approximate surface area is 187 Å². The molecule has 0 radical (unpaired) electrons. The molecule has 0 amide bonds. The number of hydrogen-bond acceptors (Lipinski definition) is 6. The second-order valence-corrected chi connectivity index (χ2v) is 6.50.